The molecule has 3 aromatic rings. The van der Waals surface area contributed by atoms with Gasteiger partial charge in [-0.15, -0.1) is 0 Å². The van der Waals surface area contributed by atoms with Crippen LogP contribution in [0.3, 0.4) is 0 Å². The first-order valence-electron chi connectivity index (χ1n) is 11.0. The second-order valence-corrected chi connectivity index (χ2v) is 8.14. The van der Waals surface area contributed by atoms with Crippen molar-refractivity contribution in [3.05, 3.63) is 94.6 Å². The van der Waals surface area contributed by atoms with Crippen molar-refractivity contribution in [3.8, 4) is 5.75 Å². The fourth-order valence-corrected chi connectivity index (χ4v) is 3.75. The van der Waals surface area contributed by atoms with E-state index in [9.17, 15) is 22.4 Å². The molecule has 0 bridgehead atoms. The van der Waals surface area contributed by atoms with Crippen LogP contribution in [0.15, 0.2) is 60.8 Å². The summed E-state index contributed by atoms with van der Waals surface area (Å²) in [7, 11) is 3.08. The zero-order valence-electron chi connectivity index (χ0n) is 19.6. The molecule has 0 saturated carbocycles. The van der Waals surface area contributed by atoms with Gasteiger partial charge < -0.3 is 10.1 Å². The summed E-state index contributed by atoms with van der Waals surface area (Å²) in [5.41, 5.74) is 1.57. The predicted octanol–water partition coefficient (Wildman–Crippen LogP) is 5.31. The fraction of sp³-hybridized carbons (Fsp3) is 0.308. The lowest BCUT2D eigenvalue weighted by Crippen LogP contribution is -2.38. The highest BCUT2D eigenvalue weighted by atomic mass is 19.4. The Morgan fingerprint density at radius 3 is 2.29 bits per heavy atom. The van der Waals surface area contributed by atoms with Crippen molar-refractivity contribution < 1.29 is 27.1 Å². The normalized spacial score (nSPS) is 13.2. The van der Waals surface area contributed by atoms with Crippen LogP contribution in [0.2, 0.25) is 0 Å². The molecular weight excluding hydrogens is 462 g/mol. The average molecular weight is 490 g/mol. The van der Waals surface area contributed by atoms with Gasteiger partial charge in [0.15, 0.2) is 0 Å². The Labute approximate surface area is 201 Å². The molecule has 2 N–H and O–H groups in total. The number of hydrogen-bond acceptors (Lipinski definition) is 4. The monoisotopic (exact) mass is 489 g/mol. The number of halogens is 4. The molecule has 0 aliphatic carbocycles. The smallest absolute Gasteiger partial charge is 0.433 e. The van der Waals surface area contributed by atoms with Crippen LogP contribution in [-0.2, 0) is 17.4 Å². The van der Waals surface area contributed by atoms with Gasteiger partial charge in [0, 0.05) is 19.3 Å². The lowest BCUT2D eigenvalue weighted by molar-refractivity contribution is -0.141. The van der Waals surface area contributed by atoms with Crippen molar-refractivity contribution in [2.24, 2.45) is 0 Å². The third-order valence-electron chi connectivity index (χ3n) is 5.75. The summed E-state index contributed by atoms with van der Waals surface area (Å²) in [4.78, 5) is 16.3. The molecule has 0 aliphatic rings. The number of nitrogens with zero attached hydrogens (tertiary/aromatic N) is 1. The van der Waals surface area contributed by atoms with E-state index in [0.29, 0.717) is 35.3 Å². The van der Waals surface area contributed by atoms with Gasteiger partial charge in [-0.05, 0) is 66.3 Å². The average Bonchev–Trinajstić information content (AvgIpc) is 2.85. The molecule has 2 atom stereocenters. The van der Waals surface area contributed by atoms with Crippen LogP contribution in [0.5, 0.6) is 5.75 Å². The van der Waals surface area contributed by atoms with E-state index >= 15 is 0 Å². The number of aryl methyl sites for hydroxylation is 2. The number of pyridine rings is 1. The molecule has 0 spiro atoms. The van der Waals surface area contributed by atoms with Crippen molar-refractivity contribution >= 4 is 5.91 Å². The van der Waals surface area contributed by atoms with Crippen molar-refractivity contribution in [3.63, 3.8) is 0 Å². The van der Waals surface area contributed by atoms with Gasteiger partial charge in [0.05, 0.1) is 7.11 Å². The predicted molar refractivity (Wildman–Crippen MR) is 124 cm³/mol. The molecule has 0 saturated heterocycles. The highest BCUT2D eigenvalue weighted by molar-refractivity contribution is 5.83. The van der Waals surface area contributed by atoms with Gasteiger partial charge in [-0.3, -0.25) is 15.1 Å². The van der Waals surface area contributed by atoms with E-state index in [1.165, 1.54) is 25.4 Å². The van der Waals surface area contributed by atoms with E-state index in [1.54, 1.807) is 50.4 Å². The van der Waals surface area contributed by atoms with Crippen LogP contribution in [0, 0.1) is 12.7 Å². The van der Waals surface area contributed by atoms with E-state index in [-0.39, 0.29) is 11.7 Å². The summed E-state index contributed by atoms with van der Waals surface area (Å²) in [6.45, 7) is 1.65. The second-order valence-electron chi connectivity index (χ2n) is 8.14. The topological polar surface area (TPSA) is 63.2 Å². The maximum atomic E-state index is 13.9. The standard InChI is InChI=1S/C26H27F4N3O2/c1-16-14-19(8-11-21(16)27)22(12-4-17-5-13-23(32-15-17)26(28,29)30)33-24(25(34)31-2)18-6-9-20(35-3)10-7-18/h5-11,13-15,22,24,33H,4,12H2,1-3H3,(H,31,34)/t22-,24+/m1/s1. The summed E-state index contributed by atoms with van der Waals surface area (Å²) >= 11 is 0. The summed E-state index contributed by atoms with van der Waals surface area (Å²) in [5.74, 6) is 0.0255. The number of aromatic nitrogens is 1. The molecule has 2 aromatic carbocycles. The highest BCUT2D eigenvalue weighted by Crippen LogP contribution is 2.29. The molecule has 186 valence electrons. The molecule has 0 fully saturated rings. The number of amides is 1. The first kappa shape index (κ1) is 26.2. The number of methoxy groups -OCH3 is 1. The lowest BCUT2D eigenvalue weighted by Gasteiger charge is -2.26. The highest BCUT2D eigenvalue weighted by Gasteiger charge is 2.32. The van der Waals surface area contributed by atoms with E-state index in [2.05, 4.69) is 15.6 Å². The summed E-state index contributed by atoms with van der Waals surface area (Å²) < 4.78 is 57.6. The minimum Gasteiger partial charge on any atom is -0.497 e. The van der Waals surface area contributed by atoms with E-state index in [0.717, 1.165) is 11.6 Å². The second kappa shape index (κ2) is 11.3. The van der Waals surface area contributed by atoms with Crippen LogP contribution in [-0.4, -0.2) is 25.0 Å². The van der Waals surface area contributed by atoms with Crippen LogP contribution in [0.4, 0.5) is 17.6 Å². The van der Waals surface area contributed by atoms with Gasteiger partial charge in [0.25, 0.3) is 0 Å². The third-order valence-corrected chi connectivity index (χ3v) is 5.75. The van der Waals surface area contributed by atoms with Gasteiger partial charge in [0.1, 0.15) is 23.3 Å². The Hall–Kier alpha value is -3.46. The summed E-state index contributed by atoms with van der Waals surface area (Å²) in [6.07, 6.45) is -2.48. The van der Waals surface area contributed by atoms with Gasteiger partial charge >= 0.3 is 6.18 Å². The summed E-state index contributed by atoms with van der Waals surface area (Å²) in [6, 6.07) is 13.0. The van der Waals surface area contributed by atoms with Gasteiger partial charge in [-0.25, -0.2) is 4.39 Å². The number of rotatable bonds is 9. The molecule has 1 heterocycles. The largest absolute Gasteiger partial charge is 0.497 e. The number of likely N-dealkylation sites (N-methyl/N-ethyl adjacent to an activating group) is 1. The summed E-state index contributed by atoms with van der Waals surface area (Å²) in [5, 5.41) is 6.01. The van der Waals surface area contributed by atoms with E-state index < -0.39 is 24.0 Å². The Kier molecular flexibility index (Phi) is 8.45. The molecule has 1 aromatic heterocycles. The number of ether oxygens (including phenoxy) is 1. The first-order valence-corrected chi connectivity index (χ1v) is 11.0. The maximum absolute atomic E-state index is 13.9. The van der Waals surface area contributed by atoms with Crippen molar-refractivity contribution in [2.75, 3.05) is 14.2 Å². The van der Waals surface area contributed by atoms with Crippen molar-refractivity contribution in [1.29, 1.82) is 0 Å². The molecule has 9 heteroatoms. The Balaban J connectivity index is 1.89. The molecule has 0 unspecified atom stereocenters. The lowest BCUT2D eigenvalue weighted by atomic mass is 9.95. The van der Waals surface area contributed by atoms with E-state index in [1.807, 2.05) is 0 Å². The van der Waals surface area contributed by atoms with Crippen molar-refractivity contribution in [1.82, 2.24) is 15.6 Å². The van der Waals surface area contributed by atoms with Gasteiger partial charge in [-0.2, -0.15) is 13.2 Å². The van der Waals surface area contributed by atoms with Crippen molar-refractivity contribution in [2.45, 2.75) is 38.0 Å². The Morgan fingerprint density at radius 2 is 1.74 bits per heavy atom. The van der Waals surface area contributed by atoms with Crippen LogP contribution in [0.25, 0.3) is 0 Å². The molecular formula is C26H27F4N3O2. The molecule has 35 heavy (non-hydrogen) atoms. The number of carbonyl (C=O) groups is 1. The first-order chi connectivity index (χ1) is 16.6. The molecule has 0 radical (unpaired) electrons. The number of benzene rings is 2. The number of hydrogen-bond donors (Lipinski definition) is 2. The van der Waals surface area contributed by atoms with Gasteiger partial charge in [-0.1, -0.05) is 30.3 Å². The zero-order valence-corrected chi connectivity index (χ0v) is 19.6. The number of alkyl halides is 3. The zero-order chi connectivity index (χ0) is 25.6. The quantitative estimate of drug-likeness (QED) is 0.400. The van der Waals surface area contributed by atoms with Crippen LogP contribution < -0.4 is 15.4 Å². The maximum Gasteiger partial charge on any atom is 0.433 e. The van der Waals surface area contributed by atoms with E-state index in [4.69, 9.17) is 4.74 Å². The Bertz CT molecular complexity index is 1130. The van der Waals surface area contributed by atoms with Gasteiger partial charge in [0.2, 0.25) is 5.91 Å². The Morgan fingerprint density at radius 1 is 1.06 bits per heavy atom. The molecule has 0 aliphatic heterocycles. The minimum absolute atomic E-state index is 0.268. The van der Waals surface area contributed by atoms with Crippen LogP contribution in [0.1, 0.15) is 46.5 Å². The SMILES string of the molecule is CNC(=O)[C@@H](N[C@H](CCc1ccc(C(F)(F)F)nc1)c1ccc(F)c(C)c1)c1ccc(OC)cc1. The minimum atomic E-state index is -4.51. The van der Waals surface area contributed by atoms with Crippen LogP contribution >= 0.6 is 0 Å². The molecule has 3 rings (SSSR count). The fourth-order valence-electron chi connectivity index (χ4n) is 3.75. The molecule has 1 amide bonds. The molecule has 5 nitrogen and oxygen atoms in total. The number of carbonyl (C=O) groups excluding carboxylic acids is 1. The third kappa shape index (κ3) is 6.79. The number of nitrogens with one attached hydrogen (secondary N) is 2.